The van der Waals surface area contributed by atoms with Crippen LogP contribution < -0.4 is 0 Å². The first-order valence-electron chi connectivity index (χ1n) is 5.25. The molecule has 0 aliphatic heterocycles. The zero-order valence-corrected chi connectivity index (χ0v) is 10.9. The van der Waals surface area contributed by atoms with Gasteiger partial charge in [-0.15, -0.1) is 0 Å². The minimum absolute atomic E-state index is 0.102. The van der Waals surface area contributed by atoms with Gasteiger partial charge in [0, 0.05) is 35.1 Å². The van der Waals surface area contributed by atoms with E-state index in [1.54, 1.807) is 7.11 Å². The highest BCUT2D eigenvalue weighted by molar-refractivity contribution is 6.33. The zero-order valence-electron chi connectivity index (χ0n) is 9.41. The van der Waals surface area contributed by atoms with Crippen LogP contribution in [0.4, 0.5) is 0 Å². The average Bonchev–Trinajstić information content (AvgIpc) is 2.57. The third-order valence-corrected chi connectivity index (χ3v) is 3.40. The maximum atomic E-state index is 9.37. The van der Waals surface area contributed by atoms with E-state index in [1.807, 2.05) is 22.8 Å². The van der Waals surface area contributed by atoms with Crippen molar-refractivity contribution >= 4 is 34.1 Å². The number of fused-ring (bicyclic) bond motifs is 1. The van der Waals surface area contributed by atoms with E-state index in [-0.39, 0.29) is 6.61 Å². The number of methoxy groups -OCH3 is 1. The number of aromatic nitrogens is 1. The Morgan fingerprint density at radius 2 is 2.12 bits per heavy atom. The molecule has 5 heteroatoms. The molecule has 1 N–H and O–H groups in total. The highest BCUT2D eigenvalue weighted by Gasteiger charge is 2.14. The lowest BCUT2D eigenvalue weighted by molar-refractivity contribution is 0.188. The third-order valence-electron chi connectivity index (χ3n) is 2.74. The van der Waals surface area contributed by atoms with Gasteiger partial charge < -0.3 is 14.4 Å². The van der Waals surface area contributed by atoms with Crippen LogP contribution in [-0.2, 0) is 17.9 Å². The Morgan fingerprint density at radius 1 is 1.35 bits per heavy atom. The van der Waals surface area contributed by atoms with E-state index in [0.717, 1.165) is 10.9 Å². The normalized spacial score (nSPS) is 11.3. The smallest absolute Gasteiger partial charge is 0.115 e. The zero-order chi connectivity index (χ0) is 12.4. The standard InChI is InChI=1S/C12H13Cl2NO2/c1-17-5-4-15-11-3-2-8(13)6-9(11)10(7-16)12(15)14/h2-3,6,16H,4-5,7H2,1H3. The number of ether oxygens (including phenoxy) is 1. The molecule has 0 spiro atoms. The van der Waals surface area contributed by atoms with Crippen LogP contribution in [0.3, 0.4) is 0 Å². The molecule has 2 rings (SSSR count). The molecule has 1 heterocycles. The predicted octanol–water partition coefficient (Wildman–Crippen LogP) is 3.09. The number of nitrogens with zero attached hydrogens (tertiary/aromatic N) is 1. The molecule has 3 nitrogen and oxygen atoms in total. The Bertz CT molecular complexity index is 537. The van der Waals surface area contributed by atoms with Gasteiger partial charge in [0.15, 0.2) is 0 Å². The molecule has 92 valence electrons. The van der Waals surface area contributed by atoms with Crippen molar-refractivity contribution in [3.8, 4) is 0 Å². The van der Waals surface area contributed by atoms with Crippen LogP contribution in [0.1, 0.15) is 5.56 Å². The topological polar surface area (TPSA) is 34.4 Å². The maximum absolute atomic E-state index is 9.37. The third kappa shape index (κ3) is 2.29. The van der Waals surface area contributed by atoms with Crippen LogP contribution in [0.5, 0.6) is 0 Å². The van der Waals surface area contributed by atoms with Gasteiger partial charge in [0.2, 0.25) is 0 Å². The van der Waals surface area contributed by atoms with Crippen molar-refractivity contribution in [1.82, 2.24) is 4.57 Å². The summed E-state index contributed by atoms with van der Waals surface area (Å²) in [6.45, 7) is 1.11. The molecule has 1 aromatic carbocycles. The summed E-state index contributed by atoms with van der Waals surface area (Å²) >= 11 is 12.2. The lowest BCUT2D eigenvalue weighted by atomic mass is 10.2. The van der Waals surface area contributed by atoms with Gasteiger partial charge in [-0.1, -0.05) is 23.2 Å². The Kier molecular flexibility index (Phi) is 3.94. The lowest BCUT2D eigenvalue weighted by Crippen LogP contribution is -2.04. The highest BCUT2D eigenvalue weighted by atomic mass is 35.5. The van der Waals surface area contributed by atoms with Crippen molar-refractivity contribution in [2.45, 2.75) is 13.2 Å². The van der Waals surface area contributed by atoms with E-state index in [0.29, 0.717) is 28.9 Å². The average molecular weight is 274 g/mol. The molecule has 0 saturated heterocycles. The molecule has 0 saturated carbocycles. The minimum Gasteiger partial charge on any atom is -0.392 e. The molecule has 0 bridgehead atoms. The molecular formula is C12H13Cl2NO2. The second kappa shape index (κ2) is 5.27. The predicted molar refractivity (Wildman–Crippen MR) is 69.8 cm³/mol. The highest BCUT2D eigenvalue weighted by Crippen LogP contribution is 2.31. The summed E-state index contributed by atoms with van der Waals surface area (Å²) in [6.07, 6.45) is 0. The van der Waals surface area contributed by atoms with Crippen LogP contribution >= 0.6 is 23.2 Å². The van der Waals surface area contributed by atoms with Gasteiger partial charge in [-0.2, -0.15) is 0 Å². The Hall–Kier alpha value is -0.740. The van der Waals surface area contributed by atoms with Gasteiger partial charge in [0.05, 0.1) is 13.2 Å². The molecule has 0 radical (unpaired) electrons. The summed E-state index contributed by atoms with van der Waals surface area (Å²) < 4.78 is 6.97. The number of aliphatic hydroxyl groups excluding tert-OH is 1. The van der Waals surface area contributed by atoms with Gasteiger partial charge >= 0.3 is 0 Å². The Labute approximate surface area is 110 Å². The fraction of sp³-hybridized carbons (Fsp3) is 0.333. The van der Waals surface area contributed by atoms with Crippen LogP contribution in [-0.4, -0.2) is 23.4 Å². The SMILES string of the molecule is COCCn1c(Cl)c(CO)c2cc(Cl)ccc21. The molecule has 17 heavy (non-hydrogen) atoms. The molecule has 0 aliphatic carbocycles. The van der Waals surface area contributed by atoms with Crippen LogP contribution in [0.25, 0.3) is 10.9 Å². The largest absolute Gasteiger partial charge is 0.392 e. The van der Waals surface area contributed by atoms with E-state index in [9.17, 15) is 5.11 Å². The van der Waals surface area contributed by atoms with Gasteiger partial charge in [-0.3, -0.25) is 0 Å². The Balaban J connectivity index is 2.62. The number of rotatable bonds is 4. The number of aliphatic hydroxyl groups is 1. The first kappa shape index (κ1) is 12.7. The van der Waals surface area contributed by atoms with Crippen molar-refractivity contribution in [1.29, 1.82) is 0 Å². The van der Waals surface area contributed by atoms with Gasteiger partial charge in [-0.05, 0) is 18.2 Å². The number of halogens is 2. The van der Waals surface area contributed by atoms with E-state index >= 15 is 0 Å². The Morgan fingerprint density at radius 3 is 2.76 bits per heavy atom. The maximum Gasteiger partial charge on any atom is 0.115 e. The van der Waals surface area contributed by atoms with Gasteiger partial charge in [-0.25, -0.2) is 0 Å². The molecular weight excluding hydrogens is 261 g/mol. The summed E-state index contributed by atoms with van der Waals surface area (Å²) in [6, 6.07) is 5.53. The molecule has 0 atom stereocenters. The van der Waals surface area contributed by atoms with E-state index in [4.69, 9.17) is 27.9 Å². The fourth-order valence-electron chi connectivity index (χ4n) is 1.92. The van der Waals surface area contributed by atoms with E-state index < -0.39 is 0 Å². The summed E-state index contributed by atoms with van der Waals surface area (Å²) in [5.41, 5.74) is 1.67. The minimum atomic E-state index is -0.102. The molecule has 2 aromatic rings. The van der Waals surface area contributed by atoms with Crippen LogP contribution in [0.2, 0.25) is 10.2 Å². The first-order valence-corrected chi connectivity index (χ1v) is 6.00. The first-order chi connectivity index (χ1) is 8.19. The monoisotopic (exact) mass is 273 g/mol. The quantitative estimate of drug-likeness (QED) is 0.929. The molecule has 0 aliphatic rings. The van der Waals surface area contributed by atoms with Gasteiger partial charge in [0.25, 0.3) is 0 Å². The number of hydrogen-bond acceptors (Lipinski definition) is 2. The molecule has 0 unspecified atom stereocenters. The van der Waals surface area contributed by atoms with Crippen molar-refractivity contribution in [2.24, 2.45) is 0 Å². The summed E-state index contributed by atoms with van der Waals surface area (Å²) in [5.74, 6) is 0. The second-order valence-electron chi connectivity index (χ2n) is 3.73. The molecule has 1 aromatic heterocycles. The van der Waals surface area contributed by atoms with Crippen LogP contribution in [0.15, 0.2) is 18.2 Å². The number of hydrogen-bond donors (Lipinski definition) is 1. The van der Waals surface area contributed by atoms with Crippen molar-refractivity contribution in [3.05, 3.63) is 33.9 Å². The van der Waals surface area contributed by atoms with Crippen LogP contribution in [0, 0.1) is 0 Å². The molecule has 0 fully saturated rings. The number of benzene rings is 1. The second-order valence-corrected chi connectivity index (χ2v) is 4.53. The summed E-state index contributed by atoms with van der Waals surface area (Å²) in [7, 11) is 1.64. The van der Waals surface area contributed by atoms with E-state index in [2.05, 4.69) is 0 Å². The van der Waals surface area contributed by atoms with Crippen molar-refractivity contribution < 1.29 is 9.84 Å². The van der Waals surface area contributed by atoms with Crippen molar-refractivity contribution in [3.63, 3.8) is 0 Å². The fourth-order valence-corrected chi connectivity index (χ4v) is 2.43. The lowest BCUT2D eigenvalue weighted by Gasteiger charge is -2.06. The molecule has 0 amide bonds. The van der Waals surface area contributed by atoms with Crippen molar-refractivity contribution in [2.75, 3.05) is 13.7 Å². The van der Waals surface area contributed by atoms with Gasteiger partial charge in [0.1, 0.15) is 5.15 Å². The summed E-state index contributed by atoms with van der Waals surface area (Å²) in [4.78, 5) is 0. The van der Waals surface area contributed by atoms with E-state index in [1.165, 1.54) is 0 Å². The summed E-state index contributed by atoms with van der Waals surface area (Å²) in [5, 5.41) is 11.4.